The van der Waals surface area contributed by atoms with Gasteiger partial charge in [-0.2, -0.15) is 0 Å². The summed E-state index contributed by atoms with van der Waals surface area (Å²) in [6, 6.07) is 28.1. The van der Waals surface area contributed by atoms with Crippen LogP contribution in [0.1, 0.15) is 47.0 Å². The molecule has 1 aromatic heterocycles. The first-order valence-electron chi connectivity index (χ1n) is 11.2. The Balaban J connectivity index is 1.49. The summed E-state index contributed by atoms with van der Waals surface area (Å²) >= 11 is 0. The predicted octanol–water partition coefficient (Wildman–Crippen LogP) is 6.23. The lowest BCUT2D eigenvalue weighted by molar-refractivity contribution is 0.1000. The summed E-state index contributed by atoms with van der Waals surface area (Å²) in [5, 5.41) is 0. The van der Waals surface area contributed by atoms with Gasteiger partial charge in [-0.3, -0.25) is 4.79 Å². The van der Waals surface area contributed by atoms with Gasteiger partial charge in [0.1, 0.15) is 5.69 Å². The van der Waals surface area contributed by atoms with Crippen molar-refractivity contribution in [1.29, 1.82) is 0 Å². The molecular weight excluding hydrogens is 396 g/mol. The van der Waals surface area contributed by atoms with Crippen LogP contribution in [0.25, 0.3) is 22.6 Å². The highest BCUT2D eigenvalue weighted by Crippen LogP contribution is 2.44. The maximum Gasteiger partial charge on any atom is 0.248 e. The van der Waals surface area contributed by atoms with Crippen molar-refractivity contribution in [2.45, 2.75) is 31.6 Å². The minimum absolute atomic E-state index is 0.257. The SMILES string of the molecule is NC(=O)c1cccc(CC2CCCC2c2nc(-c3ccccc3)c(-c3ccccc3)o2)c1. The molecule has 0 saturated heterocycles. The lowest BCUT2D eigenvalue weighted by atomic mass is 9.89. The van der Waals surface area contributed by atoms with Crippen LogP contribution in [-0.4, -0.2) is 10.9 Å². The van der Waals surface area contributed by atoms with Gasteiger partial charge < -0.3 is 10.2 Å². The summed E-state index contributed by atoms with van der Waals surface area (Å²) in [7, 11) is 0. The number of primary amides is 1. The highest BCUT2D eigenvalue weighted by atomic mass is 16.4. The molecule has 32 heavy (non-hydrogen) atoms. The van der Waals surface area contributed by atoms with Gasteiger partial charge in [-0.1, -0.05) is 79.2 Å². The largest absolute Gasteiger partial charge is 0.440 e. The molecule has 0 bridgehead atoms. The third-order valence-corrected chi connectivity index (χ3v) is 6.41. The van der Waals surface area contributed by atoms with Crippen LogP contribution in [0.5, 0.6) is 0 Å². The molecule has 1 amide bonds. The van der Waals surface area contributed by atoms with E-state index in [1.165, 1.54) is 0 Å². The summed E-state index contributed by atoms with van der Waals surface area (Å²) in [6.07, 6.45) is 4.21. The Hall–Kier alpha value is -3.66. The van der Waals surface area contributed by atoms with E-state index in [0.717, 1.165) is 59.7 Å². The second-order valence-electron chi connectivity index (χ2n) is 8.53. The summed E-state index contributed by atoms with van der Waals surface area (Å²) in [5.41, 5.74) is 10.2. The van der Waals surface area contributed by atoms with Crippen LogP contribution in [0.2, 0.25) is 0 Å². The number of hydrogen-bond acceptors (Lipinski definition) is 3. The molecule has 160 valence electrons. The number of amides is 1. The molecule has 2 atom stereocenters. The van der Waals surface area contributed by atoms with Gasteiger partial charge in [-0.15, -0.1) is 0 Å². The van der Waals surface area contributed by atoms with Gasteiger partial charge in [0.15, 0.2) is 11.7 Å². The van der Waals surface area contributed by atoms with Gasteiger partial charge in [-0.05, 0) is 42.9 Å². The summed E-state index contributed by atoms with van der Waals surface area (Å²) < 4.78 is 6.48. The minimum atomic E-state index is -0.387. The topological polar surface area (TPSA) is 69.1 Å². The fourth-order valence-corrected chi connectivity index (χ4v) is 4.83. The zero-order valence-corrected chi connectivity index (χ0v) is 17.9. The predicted molar refractivity (Wildman–Crippen MR) is 126 cm³/mol. The average molecular weight is 423 g/mol. The Morgan fingerprint density at radius 1 is 0.906 bits per heavy atom. The number of rotatable bonds is 6. The molecule has 1 saturated carbocycles. The fourth-order valence-electron chi connectivity index (χ4n) is 4.83. The zero-order valence-electron chi connectivity index (χ0n) is 17.9. The molecule has 0 aliphatic heterocycles. The molecule has 0 radical (unpaired) electrons. The van der Waals surface area contributed by atoms with Crippen molar-refractivity contribution in [2.75, 3.05) is 0 Å². The van der Waals surface area contributed by atoms with Crippen molar-refractivity contribution in [2.24, 2.45) is 11.7 Å². The first-order valence-corrected chi connectivity index (χ1v) is 11.2. The van der Waals surface area contributed by atoms with Crippen molar-refractivity contribution in [3.05, 3.63) is 102 Å². The first-order chi connectivity index (χ1) is 15.7. The van der Waals surface area contributed by atoms with Crippen molar-refractivity contribution >= 4 is 5.91 Å². The lowest BCUT2D eigenvalue weighted by Crippen LogP contribution is -2.13. The summed E-state index contributed by atoms with van der Waals surface area (Å²) in [4.78, 5) is 16.6. The number of carbonyl (C=O) groups is 1. The maximum atomic E-state index is 11.6. The number of oxazole rings is 1. The number of carbonyl (C=O) groups excluding carboxylic acids is 1. The van der Waals surface area contributed by atoms with E-state index in [-0.39, 0.29) is 11.8 Å². The van der Waals surface area contributed by atoms with Crippen LogP contribution in [0.4, 0.5) is 0 Å². The molecule has 2 unspecified atom stereocenters. The van der Waals surface area contributed by atoms with Crippen LogP contribution in [-0.2, 0) is 6.42 Å². The molecule has 1 fully saturated rings. The molecule has 0 spiro atoms. The van der Waals surface area contributed by atoms with Gasteiger partial charge in [0.25, 0.3) is 0 Å². The van der Waals surface area contributed by atoms with Gasteiger partial charge in [-0.25, -0.2) is 4.98 Å². The molecular formula is C28H26N2O2. The molecule has 3 aromatic carbocycles. The second-order valence-corrected chi connectivity index (χ2v) is 8.53. The van der Waals surface area contributed by atoms with Crippen LogP contribution in [0, 0.1) is 5.92 Å². The number of nitrogens with zero attached hydrogens (tertiary/aromatic N) is 1. The molecule has 4 heteroatoms. The first kappa shape index (κ1) is 20.3. The number of hydrogen-bond donors (Lipinski definition) is 1. The van der Waals surface area contributed by atoms with Gasteiger partial charge in [0, 0.05) is 22.6 Å². The molecule has 1 aliphatic rings. The van der Waals surface area contributed by atoms with Crippen molar-refractivity contribution in [3.8, 4) is 22.6 Å². The maximum absolute atomic E-state index is 11.6. The molecule has 2 N–H and O–H groups in total. The van der Waals surface area contributed by atoms with Crippen LogP contribution in [0.15, 0.2) is 89.3 Å². The minimum Gasteiger partial charge on any atom is -0.440 e. The van der Waals surface area contributed by atoms with Gasteiger partial charge in [0.2, 0.25) is 5.91 Å². The van der Waals surface area contributed by atoms with Crippen molar-refractivity contribution in [3.63, 3.8) is 0 Å². The average Bonchev–Trinajstić information content (AvgIpc) is 3.47. The van der Waals surface area contributed by atoms with E-state index in [9.17, 15) is 4.79 Å². The summed E-state index contributed by atoms with van der Waals surface area (Å²) in [5.74, 6) is 1.93. The Kier molecular flexibility index (Phi) is 5.59. The Morgan fingerprint density at radius 2 is 1.62 bits per heavy atom. The van der Waals surface area contributed by atoms with E-state index < -0.39 is 0 Å². The zero-order chi connectivity index (χ0) is 21.9. The molecule has 1 heterocycles. The molecule has 4 aromatic rings. The molecule has 1 aliphatic carbocycles. The third kappa shape index (κ3) is 4.09. The molecule has 4 nitrogen and oxygen atoms in total. The Labute approximate surface area is 188 Å². The third-order valence-electron chi connectivity index (χ3n) is 6.41. The number of benzene rings is 3. The molecule has 5 rings (SSSR count). The van der Waals surface area contributed by atoms with Crippen molar-refractivity contribution in [1.82, 2.24) is 4.98 Å². The number of aromatic nitrogens is 1. The monoisotopic (exact) mass is 422 g/mol. The summed E-state index contributed by atoms with van der Waals surface area (Å²) in [6.45, 7) is 0. The lowest BCUT2D eigenvalue weighted by Gasteiger charge is -2.17. The standard InChI is InChI=1S/C28H26N2O2/c29-27(31)23-15-7-9-19(18-23)17-22-14-8-16-24(22)28-30-25(20-10-3-1-4-11-20)26(32-28)21-12-5-2-6-13-21/h1-7,9-13,15,18,22,24H,8,14,16-17H2,(H2,29,31). The highest BCUT2D eigenvalue weighted by molar-refractivity contribution is 5.92. The van der Waals surface area contributed by atoms with Crippen LogP contribution in [0.3, 0.4) is 0 Å². The van der Waals surface area contributed by atoms with E-state index in [4.69, 9.17) is 15.1 Å². The van der Waals surface area contributed by atoms with Gasteiger partial charge >= 0.3 is 0 Å². The van der Waals surface area contributed by atoms with E-state index in [2.05, 4.69) is 30.3 Å². The highest BCUT2D eigenvalue weighted by Gasteiger charge is 2.33. The Morgan fingerprint density at radius 3 is 2.34 bits per heavy atom. The Bertz CT molecular complexity index is 1160. The van der Waals surface area contributed by atoms with Crippen molar-refractivity contribution < 1.29 is 9.21 Å². The quantitative estimate of drug-likeness (QED) is 0.400. The smallest absolute Gasteiger partial charge is 0.248 e. The van der Waals surface area contributed by atoms with E-state index in [1.807, 2.05) is 48.5 Å². The number of nitrogens with two attached hydrogens (primary N) is 1. The van der Waals surface area contributed by atoms with Gasteiger partial charge in [0.05, 0.1) is 0 Å². The van der Waals surface area contributed by atoms with E-state index in [1.54, 1.807) is 6.07 Å². The fraction of sp³-hybridized carbons (Fsp3) is 0.214. The second kappa shape index (κ2) is 8.83. The van der Waals surface area contributed by atoms with E-state index >= 15 is 0 Å². The van der Waals surface area contributed by atoms with Crippen LogP contribution < -0.4 is 5.73 Å². The normalized spacial score (nSPS) is 18.0. The van der Waals surface area contributed by atoms with E-state index in [0.29, 0.717) is 11.5 Å². The van der Waals surface area contributed by atoms with Crippen LogP contribution >= 0.6 is 0 Å².